The summed E-state index contributed by atoms with van der Waals surface area (Å²) in [6.45, 7) is 1.42. The molecule has 0 bridgehead atoms. The minimum absolute atomic E-state index is 0.133. The Balaban J connectivity index is 2.09. The standard InChI is InChI=1S/C13H11FO2S/c1-9(15)10-4-5-13(12(14)7-10)17-8-11-3-2-6-16-11/h2-7H,8H2,1H3. The molecule has 2 nitrogen and oxygen atoms in total. The van der Waals surface area contributed by atoms with Crippen molar-refractivity contribution in [2.75, 3.05) is 0 Å². The molecule has 1 aromatic carbocycles. The van der Waals surface area contributed by atoms with Crippen molar-refractivity contribution in [1.82, 2.24) is 0 Å². The smallest absolute Gasteiger partial charge is 0.159 e. The Morgan fingerprint density at radius 1 is 1.41 bits per heavy atom. The largest absolute Gasteiger partial charge is 0.468 e. The number of furan rings is 1. The van der Waals surface area contributed by atoms with Gasteiger partial charge in [-0.05, 0) is 31.2 Å². The van der Waals surface area contributed by atoms with Crippen molar-refractivity contribution in [3.05, 3.63) is 53.7 Å². The van der Waals surface area contributed by atoms with Gasteiger partial charge in [0.2, 0.25) is 0 Å². The quantitative estimate of drug-likeness (QED) is 0.608. The number of ketones is 1. The van der Waals surface area contributed by atoms with Crippen LogP contribution >= 0.6 is 11.8 Å². The third-order valence-electron chi connectivity index (χ3n) is 2.29. The fourth-order valence-corrected chi connectivity index (χ4v) is 2.20. The molecule has 0 fully saturated rings. The Kier molecular flexibility index (Phi) is 3.64. The number of Topliss-reactive ketones (excluding diaryl/α,β-unsaturated/α-hetero) is 1. The molecule has 0 radical (unpaired) electrons. The van der Waals surface area contributed by atoms with Gasteiger partial charge in [0.1, 0.15) is 11.6 Å². The molecular formula is C13H11FO2S. The van der Waals surface area contributed by atoms with E-state index >= 15 is 0 Å². The molecule has 88 valence electrons. The van der Waals surface area contributed by atoms with Crippen LogP contribution in [0.2, 0.25) is 0 Å². The van der Waals surface area contributed by atoms with Crippen LogP contribution in [0.1, 0.15) is 23.0 Å². The second kappa shape index (κ2) is 5.19. The van der Waals surface area contributed by atoms with Crippen molar-refractivity contribution < 1.29 is 13.6 Å². The first kappa shape index (κ1) is 11.9. The summed E-state index contributed by atoms with van der Waals surface area (Å²) in [6.07, 6.45) is 1.59. The molecule has 2 aromatic rings. The number of carbonyl (C=O) groups excluding carboxylic acids is 1. The molecule has 1 aromatic heterocycles. The lowest BCUT2D eigenvalue weighted by molar-refractivity contribution is 0.101. The topological polar surface area (TPSA) is 30.2 Å². The normalized spacial score (nSPS) is 10.5. The van der Waals surface area contributed by atoms with Crippen LogP contribution in [0.4, 0.5) is 4.39 Å². The average Bonchev–Trinajstić information content (AvgIpc) is 2.80. The van der Waals surface area contributed by atoms with Crippen LogP contribution in [0.25, 0.3) is 0 Å². The van der Waals surface area contributed by atoms with Crippen LogP contribution < -0.4 is 0 Å². The zero-order chi connectivity index (χ0) is 12.3. The maximum atomic E-state index is 13.6. The summed E-state index contributed by atoms with van der Waals surface area (Å²) in [5.74, 6) is 0.870. The lowest BCUT2D eigenvalue weighted by atomic mass is 10.1. The van der Waals surface area contributed by atoms with E-state index in [9.17, 15) is 9.18 Å². The number of carbonyl (C=O) groups is 1. The monoisotopic (exact) mass is 250 g/mol. The Morgan fingerprint density at radius 3 is 2.82 bits per heavy atom. The molecule has 0 unspecified atom stereocenters. The van der Waals surface area contributed by atoms with E-state index in [0.717, 1.165) is 5.76 Å². The Morgan fingerprint density at radius 2 is 2.24 bits per heavy atom. The van der Waals surface area contributed by atoms with Crippen LogP contribution in [-0.2, 0) is 5.75 Å². The van der Waals surface area contributed by atoms with Gasteiger partial charge >= 0.3 is 0 Å². The van der Waals surface area contributed by atoms with E-state index in [4.69, 9.17) is 4.42 Å². The predicted molar refractivity (Wildman–Crippen MR) is 64.7 cm³/mol. The van der Waals surface area contributed by atoms with Gasteiger partial charge in [0.15, 0.2) is 5.78 Å². The number of benzene rings is 1. The van der Waals surface area contributed by atoms with Crippen molar-refractivity contribution in [2.45, 2.75) is 17.6 Å². The summed E-state index contributed by atoms with van der Waals surface area (Å²) in [4.78, 5) is 11.6. The zero-order valence-corrected chi connectivity index (χ0v) is 10.1. The first-order valence-corrected chi connectivity index (χ1v) is 6.11. The van der Waals surface area contributed by atoms with E-state index in [2.05, 4.69) is 0 Å². The second-order valence-electron chi connectivity index (χ2n) is 3.57. The van der Waals surface area contributed by atoms with Gasteiger partial charge in [0, 0.05) is 10.5 Å². The summed E-state index contributed by atoms with van der Waals surface area (Å²) in [5.41, 5.74) is 0.393. The predicted octanol–water partition coefficient (Wildman–Crippen LogP) is 3.91. The Hall–Kier alpha value is -1.55. The number of hydrogen-bond donors (Lipinski definition) is 0. The summed E-state index contributed by atoms with van der Waals surface area (Å²) in [6, 6.07) is 8.17. The molecule has 0 atom stereocenters. The van der Waals surface area contributed by atoms with Gasteiger partial charge in [0.05, 0.1) is 12.0 Å². The number of halogens is 1. The van der Waals surface area contributed by atoms with Crippen molar-refractivity contribution in [1.29, 1.82) is 0 Å². The molecule has 0 saturated carbocycles. The summed E-state index contributed by atoms with van der Waals surface area (Å²) >= 11 is 1.35. The third-order valence-corrected chi connectivity index (χ3v) is 3.36. The lowest BCUT2D eigenvalue weighted by Gasteiger charge is -2.03. The maximum Gasteiger partial charge on any atom is 0.159 e. The van der Waals surface area contributed by atoms with Gasteiger partial charge < -0.3 is 4.42 Å². The number of thioether (sulfide) groups is 1. The van der Waals surface area contributed by atoms with E-state index in [1.165, 1.54) is 24.8 Å². The highest BCUT2D eigenvalue weighted by molar-refractivity contribution is 7.98. The van der Waals surface area contributed by atoms with Crippen LogP contribution in [0, 0.1) is 5.82 Å². The fraction of sp³-hybridized carbons (Fsp3) is 0.154. The van der Waals surface area contributed by atoms with Gasteiger partial charge in [-0.3, -0.25) is 4.79 Å². The van der Waals surface area contributed by atoms with Gasteiger partial charge in [-0.1, -0.05) is 6.07 Å². The molecule has 0 aliphatic rings. The molecule has 17 heavy (non-hydrogen) atoms. The molecule has 2 rings (SSSR count). The summed E-state index contributed by atoms with van der Waals surface area (Å²) in [5, 5.41) is 0. The zero-order valence-electron chi connectivity index (χ0n) is 9.27. The van der Waals surface area contributed by atoms with Gasteiger partial charge in [-0.2, -0.15) is 0 Å². The molecule has 4 heteroatoms. The summed E-state index contributed by atoms with van der Waals surface area (Å²) in [7, 11) is 0. The first-order chi connectivity index (χ1) is 8.16. The van der Waals surface area contributed by atoms with E-state index in [-0.39, 0.29) is 11.6 Å². The van der Waals surface area contributed by atoms with Gasteiger partial charge in [0.25, 0.3) is 0 Å². The molecular weight excluding hydrogens is 239 g/mol. The van der Waals surface area contributed by atoms with Gasteiger partial charge in [-0.25, -0.2) is 4.39 Å². The molecule has 0 spiro atoms. The minimum atomic E-state index is -0.366. The van der Waals surface area contributed by atoms with Crippen molar-refractivity contribution in [2.24, 2.45) is 0 Å². The van der Waals surface area contributed by atoms with Crippen molar-refractivity contribution in [3.8, 4) is 0 Å². The third kappa shape index (κ3) is 2.97. The molecule has 0 aliphatic heterocycles. The van der Waals surface area contributed by atoms with E-state index in [1.54, 1.807) is 24.5 Å². The molecule has 0 aliphatic carbocycles. The van der Waals surface area contributed by atoms with E-state index in [1.807, 2.05) is 6.07 Å². The molecule has 1 heterocycles. The van der Waals surface area contributed by atoms with Crippen molar-refractivity contribution in [3.63, 3.8) is 0 Å². The summed E-state index contributed by atoms with van der Waals surface area (Å²) < 4.78 is 18.8. The fourth-order valence-electron chi connectivity index (χ4n) is 1.38. The van der Waals surface area contributed by atoms with Crippen molar-refractivity contribution >= 4 is 17.5 Å². The van der Waals surface area contributed by atoms with E-state index in [0.29, 0.717) is 16.2 Å². The number of hydrogen-bond acceptors (Lipinski definition) is 3. The Labute approximate surface area is 103 Å². The molecule has 0 N–H and O–H groups in total. The van der Waals surface area contributed by atoms with E-state index < -0.39 is 0 Å². The van der Waals surface area contributed by atoms with Crippen LogP contribution in [-0.4, -0.2) is 5.78 Å². The van der Waals surface area contributed by atoms with Gasteiger partial charge in [-0.15, -0.1) is 11.8 Å². The molecule has 0 saturated heterocycles. The molecule has 0 amide bonds. The number of rotatable bonds is 4. The maximum absolute atomic E-state index is 13.6. The Bertz CT molecular complexity index is 520. The van der Waals surface area contributed by atoms with Crippen LogP contribution in [0.15, 0.2) is 45.9 Å². The SMILES string of the molecule is CC(=O)c1ccc(SCc2ccco2)c(F)c1. The minimum Gasteiger partial charge on any atom is -0.468 e. The highest BCUT2D eigenvalue weighted by Crippen LogP contribution is 2.26. The second-order valence-corrected chi connectivity index (χ2v) is 4.59. The van der Waals surface area contributed by atoms with Crippen LogP contribution in [0.5, 0.6) is 0 Å². The lowest BCUT2D eigenvalue weighted by Crippen LogP contribution is -1.93. The highest BCUT2D eigenvalue weighted by atomic mass is 32.2. The van der Waals surface area contributed by atoms with Crippen LogP contribution in [0.3, 0.4) is 0 Å². The first-order valence-electron chi connectivity index (χ1n) is 5.12. The highest BCUT2D eigenvalue weighted by Gasteiger charge is 2.07. The average molecular weight is 250 g/mol.